The fourth-order valence-electron chi connectivity index (χ4n) is 15.3. The van der Waals surface area contributed by atoms with E-state index in [1.54, 1.807) is 0 Å². The van der Waals surface area contributed by atoms with Crippen LogP contribution < -0.4 is 0 Å². The molecule has 22 aromatic rings. The van der Waals surface area contributed by atoms with Crippen LogP contribution in [0.15, 0.2) is 306 Å². The van der Waals surface area contributed by atoms with Gasteiger partial charge in [0, 0.05) is 115 Å². The molecule has 0 aliphatic carbocycles. The normalized spacial score (nSPS) is 12.3. The first-order valence-corrected chi connectivity index (χ1v) is 31.0. The van der Waals surface area contributed by atoms with E-state index >= 15 is 0 Å². The highest BCUT2D eigenvalue weighted by atomic mass is 16.3. The molecule has 8 heteroatoms. The number of rotatable bonds is 4. The molecule has 0 amide bonds. The third-order valence-electron chi connectivity index (χ3n) is 19.2. The van der Waals surface area contributed by atoms with Gasteiger partial charge in [-0.25, -0.2) is 0 Å². The summed E-state index contributed by atoms with van der Waals surface area (Å²) in [6.07, 6.45) is 0. The predicted octanol–water partition coefficient (Wildman–Crippen LogP) is 24.3. The summed E-state index contributed by atoms with van der Waals surface area (Å²) < 4.78 is 43.1. The van der Waals surface area contributed by atoms with Gasteiger partial charge in [-0.15, -0.1) is 0 Å². The topological polar surface area (TPSA) is 88.7 Å². The van der Waals surface area contributed by atoms with Crippen LogP contribution in [0.4, 0.5) is 0 Å². The van der Waals surface area contributed by atoms with Crippen LogP contribution in [0.2, 0.25) is 0 Å². The molecule has 0 aliphatic rings. The Morgan fingerprint density at radius 1 is 0.174 bits per heavy atom. The minimum atomic E-state index is 0.857. The molecule has 8 aromatic heterocycles. The van der Waals surface area contributed by atoms with E-state index in [1.165, 1.54) is 21.5 Å². The lowest BCUT2D eigenvalue weighted by Crippen LogP contribution is -1.93. The SMILES string of the molecule is c1ccc2c(c1)oc1cc3c(cc12)c1ccccc1n3-c1ccc2oc3c(-c4cccc5oc6ccccc6c45)cccc3c2c1.c1ccc2c(c1)oc1cccc(-c3cccc4c3oc3ccc(-n5c6ccccc6c6c7c(ccc65)oc5ccccc57)cc34)c12. The molecule has 0 N–H and O–H groups in total. The maximum Gasteiger partial charge on any atom is 0.143 e. The summed E-state index contributed by atoms with van der Waals surface area (Å²) in [5.74, 6) is 0. The minimum absolute atomic E-state index is 0.857. The van der Waals surface area contributed by atoms with Crippen LogP contribution in [0, 0.1) is 0 Å². The van der Waals surface area contributed by atoms with Gasteiger partial charge in [0.15, 0.2) is 0 Å². The van der Waals surface area contributed by atoms with E-state index in [9.17, 15) is 0 Å². The van der Waals surface area contributed by atoms with Crippen LogP contribution in [0.3, 0.4) is 0 Å². The first-order valence-electron chi connectivity index (χ1n) is 31.0. The minimum Gasteiger partial charge on any atom is -0.456 e. The van der Waals surface area contributed by atoms with Gasteiger partial charge < -0.3 is 35.6 Å². The molecule has 8 nitrogen and oxygen atoms in total. The van der Waals surface area contributed by atoms with Crippen molar-refractivity contribution in [2.24, 2.45) is 0 Å². The molecule has 8 heterocycles. The number of para-hydroxylation sites is 8. The third-order valence-corrected chi connectivity index (χ3v) is 19.2. The van der Waals surface area contributed by atoms with E-state index in [2.05, 4.69) is 228 Å². The Labute approximate surface area is 520 Å². The van der Waals surface area contributed by atoms with Gasteiger partial charge >= 0.3 is 0 Å². The van der Waals surface area contributed by atoms with E-state index in [4.69, 9.17) is 26.5 Å². The van der Waals surface area contributed by atoms with E-state index in [0.717, 1.165) is 187 Å². The van der Waals surface area contributed by atoms with E-state index in [0.29, 0.717) is 0 Å². The summed E-state index contributed by atoms with van der Waals surface area (Å²) in [6.45, 7) is 0. The highest BCUT2D eigenvalue weighted by Gasteiger charge is 2.24. The number of hydrogen-bond acceptors (Lipinski definition) is 6. The van der Waals surface area contributed by atoms with Gasteiger partial charge in [-0.2, -0.15) is 0 Å². The largest absolute Gasteiger partial charge is 0.456 e. The van der Waals surface area contributed by atoms with Gasteiger partial charge in [-0.1, -0.05) is 170 Å². The predicted molar refractivity (Wildman–Crippen MR) is 376 cm³/mol. The molecule has 428 valence electrons. The Morgan fingerprint density at radius 3 is 1.13 bits per heavy atom. The highest BCUT2D eigenvalue weighted by molar-refractivity contribution is 6.28. The molecule has 0 radical (unpaired) electrons. The van der Waals surface area contributed by atoms with Crippen LogP contribution >= 0.6 is 0 Å². The zero-order chi connectivity index (χ0) is 59.9. The first kappa shape index (κ1) is 49.5. The van der Waals surface area contributed by atoms with Crippen molar-refractivity contribution >= 4 is 175 Å². The molecule has 22 rings (SSSR count). The van der Waals surface area contributed by atoms with Crippen molar-refractivity contribution in [3.05, 3.63) is 279 Å². The fraction of sp³-hybridized carbons (Fsp3) is 0. The van der Waals surface area contributed by atoms with Gasteiger partial charge in [0.05, 0.1) is 22.1 Å². The lowest BCUT2D eigenvalue weighted by Gasteiger charge is -2.08. The second-order valence-electron chi connectivity index (χ2n) is 24.1. The molecule has 92 heavy (non-hydrogen) atoms. The molecule has 0 atom stereocenters. The zero-order valence-electron chi connectivity index (χ0n) is 48.9. The number of fused-ring (bicyclic) bond motifs is 25. The zero-order valence-corrected chi connectivity index (χ0v) is 48.9. The maximum atomic E-state index is 6.67. The Bertz CT molecular complexity index is 6910. The molecule has 0 saturated heterocycles. The lowest BCUT2D eigenvalue weighted by molar-refractivity contribution is 0.668. The van der Waals surface area contributed by atoms with E-state index in [1.807, 2.05) is 60.7 Å². The molecule has 0 aliphatic heterocycles. The number of nitrogens with zero attached hydrogens (tertiary/aromatic N) is 2. The summed E-state index contributed by atoms with van der Waals surface area (Å²) >= 11 is 0. The molecular weight excluding hydrogens is 1130 g/mol. The summed E-state index contributed by atoms with van der Waals surface area (Å²) in [6, 6.07) is 97.5. The van der Waals surface area contributed by atoms with Gasteiger partial charge in [0.1, 0.15) is 67.0 Å². The van der Waals surface area contributed by atoms with Crippen molar-refractivity contribution < 1.29 is 26.5 Å². The Kier molecular flexibility index (Phi) is 9.96. The van der Waals surface area contributed by atoms with Crippen LogP contribution in [0.5, 0.6) is 0 Å². The van der Waals surface area contributed by atoms with Crippen LogP contribution in [0.25, 0.3) is 209 Å². The van der Waals surface area contributed by atoms with Crippen LogP contribution in [-0.4, -0.2) is 9.13 Å². The molecular formula is C84H46N2O6. The number of furan rings is 6. The lowest BCUT2D eigenvalue weighted by atomic mass is 9.97. The van der Waals surface area contributed by atoms with Crippen molar-refractivity contribution in [3.63, 3.8) is 0 Å². The van der Waals surface area contributed by atoms with Crippen LogP contribution in [0.1, 0.15) is 0 Å². The molecule has 0 bridgehead atoms. The second kappa shape index (κ2) is 18.5. The first-order chi connectivity index (χ1) is 45.6. The maximum absolute atomic E-state index is 6.67. The Hall–Kier alpha value is -12.5. The van der Waals surface area contributed by atoms with Crippen molar-refractivity contribution in [1.82, 2.24) is 9.13 Å². The molecule has 0 fully saturated rings. The van der Waals surface area contributed by atoms with E-state index < -0.39 is 0 Å². The average molecular weight is 1180 g/mol. The van der Waals surface area contributed by atoms with Crippen molar-refractivity contribution in [1.29, 1.82) is 0 Å². The summed E-state index contributed by atoms with van der Waals surface area (Å²) in [4.78, 5) is 0. The van der Waals surface area contributed by atoms with Crippen LogP contribution in [-0.2, 0) is 0 Å². The Morgan fingerprint density at radius 2 is 0.554 bits per heavy atom. The second-order valence-corrected chi connectivity index (χ2v) is 24.1. The summed E-state index contributed by atoms with van der Waals surface area (Å²) in [5.41, 5.74) is 21.6. The quantitative estimate of drug-likeness (QED) is 0.174. The molecule has 0 saturated carbocycles. The van der Waals surface area contributed by atoms with Gasteiger partial charge in [0.2, 0.25) is 0 Å². The number of benzene rings is 14. The molecule has 0 unspecified atom stereocenters. The Balaban J connectivity index is 0.000000124. The van der Waals surface area contributed by atoms with Gasteiger partial charge in [-0.05, 0) is 114 Å². The third kappa shape index (κ3) is 6.89. The van der Waals surface area contributed by atoms with Crippen molar-refractivity contribution in [2.45, 2.75) is 0 Å². The summed E-state index contributed by atoms with van der Waals surface area (Å²) in [7, 11) is 0. The monoisotopic (exact) mass is 1180 g/mol. The van der Waals surface area contributed by atoms with Crippen molar-refractivity contribution in [3.8, 4) is 33.6 Å². The van der Waals surface area contributed by atoms with E-state index in [-0.39, 0.29) is 0 Å². The number of hydrogen-bond donors (Lipinski definition) is 0. The fourth-order valence-corrected chi connectivity index (χ4v) is 15.3. The average Bonchev–Trinajstić information content (AvgIpc) is 1.58. The summed E-state index contributed by atoms with van der Waals surface area (Å²) in [5, 5.41) is 18.1. The van der Waals surface area contributed by atoms with Gasteiger partial charge in [0.25, 0.3) is 0 Å². The van der Waals surface area contributed by atoms with Gasteiger partial charge in [-0.3, -0.25) is 0 Å². The smallest absolute Gasteiger partial charge is 0.143 e. The standard InChI is InChI=1S/2C42H23NO3/c1-4-15-32-28(9-1)40-33(20-22-38-41(40)30-11-3-6-17-35(30)45-38)43(32)24-19-21-36-31(23-24)27-14-7-13-26(42(27)46-36)25-12-8-18-37-39(25)29-10-2-5-16-34(29)44-37;1-4-15-34-25(9-1)31-22-33-26-10-2-5-16-36(26)45-40(33)23-35(31)43(34)24-19-20-38-32(21-24)29-14-7-13-28(42(29)46-38)27-12-8-18-39-41(27)30-11-3-6-17-37(30)44-39/h2*1-23H. The van der Waals surface area contributed by atoms with Crippen molar-refractivity contribution in [2.75, 3.05) is 0 Å². The highest BCUT2D eigenvalue weighted by Crippen LogP contribution is 2.47. The molecule has 14 aromatic carbocycles. The molecule has 0 spiro atoms. The number of aromatic nitrogens is 2.